The zero-order valence-corrected chi connectivity index (χ0v) is 16.4. The third-order valence-electron chi connectivity index (χ3n) is 4.85. The predicted molar refractivity (Wildman–Crippen MR) is 106 cm³/mol. The van der Waals surface area contributed by atoms with Gasteiger partial charge in [0.15, 0.2) is 5.60 Å². The summed E-state index contributed by atoms with van der Waals surface area (Å²) >= 11 is 0. The number of nitrogens with zero attached hydrogens (tertiary/aromatic N) is 1. The molecule has 0 aliphatic carbocycles. The summed E-state index contributed by atoms with van der Waals surface area (Å²) in [6.45, 7) is 4.09. The molecule has 1 heterocycles. The zero-order chi connectivity index (χ0) is 20.3. The average molecular weight is 383 g/mol. The van der Waals surface area contributed by atoms with Crippen molar-refractivity contribution < 1.29 is 24.2 Å². The number of carbonyl (C=O) groups is 2. The SMILES string of the molecule is COc1ccc(OCCCN2C(=O)[C@](O)(CC(C)=O)c3cc(C)ccc32)cc1. The molecule has 1 N–H and O–H groups in total. The molecule has 6 heteroatoms. The molecule has 2 aromatic carbocycles. The van der Waals surface area contributed by atoms with Crippen LogP contribution in [0.2, 0.25) is 0 Å². The van der Waals surface area contributed by atoms with Crippen LogP contribution in [-0.4, -0.2) is 37.1 Å². The van der Waals surface area contributed by atoms with E-state index in [1.165, 1.54) is 6.92 Å². The Morgan fingerprint density at radius 1 is 1.14 bits per heavy atom. The van der Waals surface area contributed by atoms with Crippen LogP contribution in [0.15, 0.2) is 42.5 Å². The van der Waals surface area contributed by atoms with Gasteiger partial charge in [-0.3, -0.25) is 9.59 Å². The van der Waals surface area contributed by atoms with E-state index >= 15 is 0 Å². The van der Waals surface area contributed by atoms with Crippen LogP contribution in [0.4, 0.5) is 5.69 Å². The third kappa shape index (κ3) is 3.87. The van der Waals surface area contributed by atoms with Gasteiger partial charge in [0.1, 0.15) is 17.3 Å². The lowest BCUT2D eigenvalue weighted by Crippen LogP contribution is -2.42. The lowest BCUT2D eigenvalue weighted by atomic mass is 9.89. The highest BCUT2D eigenvalue weighted by Gasteiger charge is 2.50. The Morgan fingerprint density at radius 2 is 1.82 bits per heavy atom. The lowest BCUT2D eigenvalue weighted by molar-refractivity contribution is -0.141. The molecule has 0 fully saturated rings. The molecule has 1 aliphatic heterocycles. The Hall–Kier alpha value is -2.86. The monoisotopic (exact) mass is 383 g/mol. The second kappa shape index (κ2) is 8.02. The van der Waals surface area contributed by atoms with E-state index in [-0.39, 0.29) is 12.2 Å². The predicted octanol–water partition coefficient (Wildman–Crippen LogP) is 2.99. The average Bonchev–Trinajstić information content (AvgIpc) is 2.86. The molecule has 1 amide bonds. The maximum absolute atomic E-state index is 12.9. The first-order valence-electron chi connectivity index (χ1n) is 9.27. The summed E-state index contributed by atoms with van der Waals surface area (Å²) in [5, 5.41) is 11.0. The van der Waals surface area contributed by atoms with Crippen LogP contribution in [0, 0.1) is 6.92 Å². The standard InChI is InChI=1S/C22H25NO5/c1-15-5-10-20-19(13-15)22(26,14-16(2)24)21(25)23(20)11-4-12-28-18-8-6-17(27-3)7-9-18/h5-10,13,26H,4,11-12,14H2,1-3H3/t22-/m0/s1. The topological polar surface area (TPSA) is 76.1 Å². The van der Waals surface area contributed by atoms with E-state index in [0.717, 1.165) is 17.1 Å². The molecule has 0 saturated heterocycles. The number of rotatable bonds is 8. The van der Waals surface area contributed by atoms with Crippen LogP contribution in [0.3, 0.4) is 0 Å². The maximum atomic E-state index is 12.9. The number of anilines is 1. The maximum Gasteiger partial charge on any atom is 0.264 e. The Kier molecular flexibility index (Phi) is 5.70. The van der Waals surface area contributed by atoms with Crippen molar-refractivity contribution in [2.75, 3.05) is 25.2 Å². The number of methoxy groups -OCH3 is 1. The molecule has 1 atom stereocenters. The van der Waals surface area contributed by atoms with Gasteiger partial charge in [-0.2, -0.15) is 0 Å². The van der Waals surface area contributed by atoms with Gasteiger partial charge in [0, 0.05) is 18.5 Å². The van der Waals surface area contributed by atoms with E-state index in [2.05, 4.69) is 0 Å². The third-order valence-corrected chi connectivity index (χ3v) is 4.85. The smallest absolute Gasteiger partial charge is 0.264 e. The molecule has 0 unspecified atom stereocenters. The van der Waals surface area contributed by atoms with Gasteiger partial charge < -0.3 is 19.5 Å². The second-order valence-corrected chi connectivity index (χ2v) is 7.09. The van der Waals surface area contributed by atoms with Crippen molar-refractivity contribution in [3.8, 4) is 11.5 Å². The number of carbonyl (C=O) groups excluding carboxylic acids is 2. The van der Waals surface area contributed by atoms with Crippen molar-refractivity contribution in [3.05, 3.63) is 53.6 Å². The van der Waals surface area contributed by atoms with Gasteiger partial charge in [-0.1, -0.05) is 17.7 Å². The number of hydrogen-bond donors (Lipinski definition) is 1. The number of Topliss-reactive ketones (excluding diaryl/α,β-unsaturated/α-hetero) is 1. The summed E-state index contributed by atoms with van der Waals surface area (Å²) in [7, 11) is 1.61. The molecule has 2 aromatic rings. The fraction of sp³-hybridized carbons (Fsp3) is 0.364. The number of ether oxygens (including phenoxy) is 2. The summed E-state index contributed by atoms with van der Waals surface area (Å²) in [5.74, 6) is 0.796. The molecule has 28 heavy (non-hydrogen) atoms. The second-order valence-electron chi connectivity index (χ2n) is 7.09. The fourth-order valence-corrected chi connectivity index (χ4v) is 3.50. The summed E-state index contributed by atoms with van der Waals surface area (Å²) in [6, 6.07) is 12.8. The van der Waals surface area contributed by atoms with E-state index in [0.29, 0.717) is 30.8 Å². The van der Waals surface area contributed by atoms with Gasteiger partial charge >= 0.3 is 0 Å². The number of aryl methyl sites for hydroxylation is 1. The fourth-order valence-electron chi connectivity index (χ4n) is 3.50. The number of ketones is 1. The minimum Gasteiger partial charge on any atom is -0.497 e. The Bertz CT molecular complexity index is 877. The quantitative estimate of drug-likeness (QED) is 0.709. The van der Waals surface area contributed by atoms with Crippen LogP contribution in [-0.2, 0) is 15.2 Å². The molecule has 0 saturated carbocycles. The molecular weight excluding hydrogens is 358 g/mol. The van der Waals surface area contributed by atoms with Crippen molar-refractivity contribution in [1.82, 2.24) is 0 Å². The van der Waals surface area contributed by atoms with E-state index in [1.54, 1.807) is 18.1 Å². The van der Waals surface area contributed by atoms with Crippen LogP contribution in [0.1, 0.15) is 30.9 Å². The molecule has 6 nitrogen and oxygen atoms in total. The Morgan fingerprint density at radius 3 is 2.46 bits per heavy atom. The van der Waals surface area contributed by atoms with Gasteiger partial charge in [0.25, 0.3) is 5.91 Å². The molecule has 0 bridgehead atoms. The highest BCUT2D eigenvalue weighted by Crippen LogP contribution is 2.43. The number of fused-ring (bicyclic) bond motifs is 1. The van der Waals surface area contributed by atoms with Gasteiger partial charge in [0.05, 0.1) is 19.4 Å². The van der Waals surface area contributed by atoms with Crippen LogP contribution < -0.4 is 14.4 Å². The van der Waals surface area contributed by atoms with Gasteiger partial charge in [-0.05, 0) is 50.6 Å². The minimum atomic E-state index is -1.79. The minimum absolute atomic E-state index is 0.221. The molecule has 0 radical (unpaired) electrons. The first-order valence-corrected chi connectivity index (χ1v) is 9.27. The molecular formula is C22H25NO5. The zero-order valence-electron chi connectivity index (χ0n) is 16.4. The van der Waals surface area contributed by atoms with Crippen molar-refractivity contribution in [2.24, 2.45) is 0 Å². The van der Waals surface area contributed by atoms with Gasteiger partial charge in [-0.25, -0.2) is 0 Å². The van der Waals surface area contributed by atoms with Crippen molar-refractivity contribution in [2.45, 2.75) is 32.3 Å². The van der Waals surface area contributed by atoms with Crippen molar-refractivity contribution in [3.63, 3.8) is 0 Å². The van der Waals surface area contributed by atoms with E-state index in [4.69, 9.17) is 9.47 Å². The molecule has 3 rings (SSSR count). The van der Waals surface area contributed by atoms with Crippen molar-refractivity contribution >= 4 is 17.4 Å². The largest absolute Gasteiger partial charge is 0.497 e. The Balaban J connectivity index is 1.68. The summed E-state index contributed by atoms with van der Waals surface area (Å²) in [6.07, 6.45) is 0.363. The molecule has 148 valence electrons. The highest BCUT2D eigenvalue weighted by atomic mass is 16.5. The van der Waals surface area contributed by atoms with E-state index in [1.807, 2.05) is 43.3 Å². The molecule has 0 spiro atoms. The van der Waals surface area contributed by atoms with Crippen LogP contribution >= 0.6 is 0 Å². The van der Waals surface area contributed by atoms with E-state index < -0.39 is 11.5 Å². The lowest BCUT2D eigenvalue weighted by Gasteiger charge is -2.22. The highest BCUT2D eigenvalue weighted by molar-refractivity contribution is 6.08. The van der Waals surface area contributed by atoms with Gasteiger partial charge in [0.2, 0.25) is 0 Å². The number of benzene rings is 2. The van der Waals surface area contributed by atoms with Crippen molar-refractivity contribution in [1.29, 1.82) is 0 Å². The Labute approximate surface area is 164 Å². The summed E-state index contributed by atoms with van der Waals surface area (Å²) in [5.41, 5.74) is 0.301. The summed E-state index contributed by atoms with van der Waals surface area (Å²) < 4.78 is 10.8. The van der Waals surface area contributed by atoms with Crippen LogP contribution in [0.5, 0.6) is 11.5 Å². The first-order chi connectivity index (χ1) is 13.3. The van der Waals surface area contributed by atoms with Crippen LogP contribution in [0.25, 0.3) is 0 Å². The normalized spacial score (nSPS) is 18.1. The molecule has 1 aliphatic rings. The van der Waals surface area contributed by atoms with Gasteiger partial charge in [-0.15, -0.1) is 0 Å². The number of aliphatic hydroxyl groups is 1. The first kappa shape index (κ1) is 19.9. The molecule has 0 aromatic heterocycles. The van der Waals surface area contributed by atoms with E-state index in [9.17, 15) is 14.7 Å². The number of amides is 1. The summed E-state index contributed by atoms with van der Waals surface area (Å²) in [4.78, 5) is 26.1. The number of hydrogen-bond acceptors (Lipinski definition) is 5.